The van der Waals surface area contributed by atoms with Gasteiger partial charge in [0, 0.05) is 10.0 Å². The summed E-state index contributed by atoms with van der Waals surface area (Å²) in [7, 11) is 0. The number of ether oxygens (including phenoxy) is 2. The highest BCUT2D eigenvalue weighted by atomic mass is 79.9. The lowest BCUT2D eigenvalue weighted by molar-refractivity contribution is -0.129. The van der Waals surface area contributed by atoms with E-state index in [2.05, 4.69) is 52.8 Å². The molecule has 1 aliphatic rings. The number of halogens is 4. The van der Waals surface area contributed by atoms with Crippen LogP contribution in [0.25, 0.3) is 6.08 Å². The maximum Gasteiger partial charge on any atom is 0.363 e. The monoisotopic (exact) mass is 607 g/mol. The Hall–Kier alpha value is -2.29. The summed E-state index contributed by atoms with van der Waals surface area (Å²) in [6.45, 7) is 0.394. The van der Waals surface area contributed by atoms with Gasteiger partial charge in [0.1, 0.15) is 18.2 Å². The minimum Gasteiger partial charge on any atom is -0.487 e. The lowest BCUT2D eigenvalue weighted by Gasteiger charge is -2.12. The Bertz CT molecular complexity index is 1220. The largest absolute Gasteiger partial charge is 0.487 e. The molecule has 3 aromatic rings. The predicted molar refractivity (Wildman–Crippen MR) is 127 cm³/mol. The number of hydrogen-bond acceptors (Lipinski definition) is 4. The molecule has 0 N–H and O–H groups in total. The predicted octanol–water partition coefficient (Wildman–Crippen LogP) is 7.04. The summed E-state index contributed by atoms with van der Waals surface area (Å²) in [4.78, 5) is 16.4. The number of carbonyl (C=O) groups excluding carboxylic acids is 1. The van der Waals surface area contributed by atoms with Crippen molar-refractivity contribution in [2.75, 3.05) is 0 Å². The van der Waals surface area contributed by atoms with E-state index in [1.165, 1.54) is 18.2 Å². The third-order valence-electron chi connectivity index (χ3n) is 4.29. The smallest absolute Gasteiger partial charge is 0.363 e. The molecule has 0 radical (unpaired) electrons. The van der Waals surface area contributed by atoms with Gasteiger partial charge in [0.15, 0.2) is 5.70 Å². The van der Waals surface area contributed by atoms with E-state index in [1.807, 2.05) is 36.4 Å². The molecule has 0 saturated carbocycles. The van der Waals surface area contributed by atoms with Crippen molar-refractivity contribution in [1.82, 2.24) is 0 Å². The summed E-state index contributed by atoms with van der Waals surface area (Å²) in [5.74, 6) is -0.315. The van der Waals surface area contributed by atoms with Gasteiger partial charge in [-0.3, -0.25) is 0 Å². The Morgan fingerprint density at radius 3 is 2.45 bits per heavy atom. The van der Waals surface area contributed by atoms with E-state index in [4.69, 9.17) is 9.47 Å². The fourth-order valence-corrected chi connectivity index (χ4v) is 4.79. The van der Waals surface area contributed by atoms with Crippen LogP contribution in [0.5, 0.6) is 5.75 Å². The highest BCUT2D eigenvalue weighted by Gasteiger charge is 2.24. The number of carbonyl (C=O) groups is 1. The normalized spacial score (nSPS) is 14.5. The number of esters is 1. The molecule has 0 aliphatic carbocycles. The van der Waals surface area contributed by atoms with Crippen molar-refractivity contribution in [2.24, 2.45) is 4.99 Å². The third kappa shape index (κ3) is 5.31. The molecule has 31 heavy (non-hydrogen) atoms. The third-order valence-corrected chi connectivity index (χ3v) is 5.96. The van der Waals surface area contributed by atoms with Gasteiger partial charge >= 0.3 is 5.97 Å². The number of cyclic esters (lactones) is 1. The number of rotatable bonds is 5. The van der Waals surface area contributed by atoms with Gasteiger partial charge in [-0.15, -0.1) is 0 Å². The van der Waals surface area contributed by atoms with Crippen LogP contribution in [0.3, 0.4) is 0 Å². The first-order valence-corrected chi connectivity index (χ1v) is 11.4. The molecule has 1 aliphatic heterocycles. The first-order valence-electron chi connectivity index (χ1n) is 9.04. The van der Waals surface area contributed by atoms with E-state index in [9.17, 15) is 9.18 Å². The van der Waals surface area contributed by atoms with Crippen LogP contribution < -0.4 is 4.74 Å². The van der Waals surface area contributed by atoms with E-state index in [0.717, 1.165) is 10.0 Å². The minimum absolute atomic E-state index is 0.0721. The molecule has 0 spiro atoms. The molecule has 0 fully saturated rings. The number of benzene rings is 3. The molecule has 3 aromatic carbocycles. The summed E-state index contributed by atoms with van der Waals surface area (Å²) in [5.41, 5.74) is 2.26. The average molecular weight is 610 g/mol. The second-order valence-electron chi connectivity index (χ2n) is 6.58. The molecule has 4 nitrogen and oxygen atoms in total. The Morgan fingerprint density at radius 2 is 1.74 bits per heavy atom. The number of hydrogen-bond donors (Lipinski definition) is 0. The van der Waals surface area contributed by atoms with Gasteiger partial charge < -0.3 is 9.47 Å². The zero-order valence-electron chi connectivity index (χ0n) is 15.7. The molecule has 4 rings (SSSR count). The van der Waals surface area contributed by atoms with Crippen LogP contribution in [0, 0.1) is 5.82 Å². The second-order valence-corrected chi connectivity index (χ2v) is 9.20. The van der Waals surface area contributed by atoms with Crippen molar-refractivity contribution >= 4 is 65.7 Å². The fraction of sp³-hybridized carbons (Fsp3) is 0.0435. The molecular formula is C23H13Br3FNO3. The Kier molecular flexibility index (Phi) is 6.69. The van der Waals surface area contributed by atoms with E-state index >= 15 is 0 Å². The summed E-state index contributed by atoms with van der Waals surface area (Å²) in [6.07, 6.45) is 1.60. The number of nitrogens with zero attached hydrogens (tertiary/aromatic N) is 1. The Morgan fingerprint density at radius 1 is 1.00 bits per heavy atom. The molecule has 0 bridgehead atoms. The van der Waals surface area contributed by atoms with Crippen LogP contribution >= 0.6 is 47.8 Å². The van der Waals surface area contributed by atoms with Crippen molar-refractivity contribution in [3.63, 3.8) is 0 Å². The van der Waals surface area contributed by atoms with Gasteiger partial charge in [-0.2, -0.15) is 0 Å². The van der Waals surface area contributed by atoms with Gasteiger partial charge in [-0.25, -0.2) is 14.2 Å². The standard InChI is InChI=1S/C23H13Br3FNO3/c24-16-5-1-3-13(7-16)12-30-21-18(25)8-14(9-19(21)26)10-20-23(29)31-22(28-20)15-4-2-6-17(27)11-15/h1-11H,12H2/b20-10-. The molecule has 0 saturated heterocycles. The Labute approximate surface area is 203 Å². The van der Waals surface area contributed by atoms with Crippen LogP contribution in [0.2, 0.25) is 0 Å². The highest BCUT2D eigenvalue weighted by molar-refractivity contribution is 9.11. The lowest BCUT2D eigenvalue weighted by Crippen LogP contribution is -2.05. The van der Waals surface area contributed by atoms with Crippen LogP contribution in [-0.4, -0.2) is 11.9 Å². The van der Waals surface area contributed by atoms with Crippen molar-refractivity contribution in [3.05, 3.63) is 102 Å². The maximum absolute atomic E-state index is 13.4. The van der Waals surface area contributed by atoms with E-state index in [-0.39, 0.29) is 11.6 Å². The minimum atomic E-state index is -0.596. The maximum atomic E-state index is 13.4. The van der Waals surface area contributed by atoms with Crippen LogP contribution in [0.1, 0.15) is 16.7 Å². The zero-order valence-corrected chi connectivity index (χ0v) is 20.5. The molecule has 1 heterocycles. The molecule has 156 valence electrons. The van der Waals surface area contributed by atoms with E-state index in [0.29, 0.717) is 32.4 Å². The van der Waals surface area contributed by atoms with E-state index < -0.39 is 11.8 Å². The first-order chi connectivity index (χ1) is 14.9. The summed E-state index contributed by atoms with van der Waals surface area (Å²) >= 11 is 10.5. The Balaban J connectivity index is 1.56. The number of aliphatic imine (C=N–C) groups is 1. The zero-order chi connectivity index (χ0) is 22.0. The van der Waals surface area contributed by atoms with Crippen molar-refractivity contribution < 1.29 is 18.7 Å². The quantitative estimate of drug-likeness (QED) is 0.230. The topological polar surface area (TPSA) is 47.9 Å². The lowest BCUT2D eigenvalue weighted by atomic mass is 10.2. The van der Waals surface area contributed by atoms with Crippen LogP contribution in [-0.2, 0) is 16.1 Å². The van der Waals surface area contributed by atoms with Crippen molar-refractivity contribution in [2.45, 2.75) is 6.61 Å². The molecule has 0 aromatic heterocycles. The molecule has 0 atom stereocenters. The summed E-state index contributed by atoms with van der Waals surface area (Å²) in [5, 5.41) is 0. The molecule has 8 heteroatoms. The van der Waals surface area contributed by atoms with Gasteiger partial charge in [0.2, 0.25) is 5.90 Å². The SMILES string of the molecule is O=C1OC(c2cccc(F)c2)=N/C1=C\c1cc(Br)c(OCc2cccc(Br)c2)c(Br)c1. The second kappa shape index (κ2) is 9.46. The molecular weight excluding hydrogens is 597 g/mol. The highest BCUT2D eigenvalue weighted by Crippen LogP contribution is 2.36. The fourth-order valence-electron chi connectivity index (χ4n) is 2.89. The first kappa shape index (κ1) is 21.9. The van der Waals surface area contributed by atoms with Crippen LogP contribution in [0.15, 0.2) is 84.8 Å². The van der Waals surface area contributed by atoms with Gasteiger partial charge in [-0.1, -0.05) is 34.1 Å². The summed E-state index contributed by atoms with van der Waals surface area (Å²) in [6, 6.07) is 17.2. The van der Waals surface area contributed by atoms with Crippen molar-refractivity contribution in [3.8, 4) is 5.75 Å². The molecule has 0 unspecified atom stereocenters. The average Bonchev–Trinajstić information content (AvgIpc) is 3.08. The van der Waals surface area contributed by atoms with E-state index in [1.54, 1.807) is 12.1 Å². The van der Waals surface area contributed by atoms with Crippen LogP contribution in [0.4, 0.5) is 4.39 Å². The van der Waals surface area contributed by atoms with Gasteiger partial charge in [0.25, 0.3) is 0 Å². The van der Waals surface area contributed by atoms with Gasteiger partial charge in [0.05, 0.1) is 8.95 Å². The van der Waals surface area contributed by atoms with Crippen molar-refractivity contribution in [1.29, 1.82) is 0 Å². The van der Waals surface area contributed by atoms with Gasteiger partial charge in [-0.05, 0) is 91.5 Å². The summed E-state index contributed by atoms with van der Waals surface area (Å²) < 4.78 is 27.0. The molecule has 0 amide bonds.